The minimum Gasteiger partial charge on any atom is -0.481 e. The van der Waals surface area contributed by atoms with E-state index in [2.05, 4.69) is 5.32 Å². The molecule has 1 aromatic rings. The summed E-state index contributed by atoms with van der Waals surface area (Å²) in [5, 5.41) is 11.6. The number of nitrogens with zero attached hydrogens (tertiary/aromatic N) is 1. The Morgan fingerprint density at radius 2 is 1.78 bits per heavy atom. The van der Waals surface area contributed by atoms with Crippen molar-refractivity contribution in [1.82, 2.24) is 4.90 Å². The van der Waals surface area contributed by atoms with Crippen molar-refractivity contribution in [3.63, 3.8) is 0 Å². The molecular weight excluding hydrogens is 389 g/mol. The Morgan fingerprint density at radius 1 is 1.19 bits per heavy atom. The number of rotatable bonds is 6. The summed E-state index contributed by atoms with van der Waals surface area (Å²) in [6.45, 7) is 0.789. The number of aliphatic carboxylic acids is 1. The first-order chi connectivity index (χ1) is 12.1. The van der Waals surface area contributed by atoms with E-state index in [1.165, 1.54) is 11.8 Å². The molecule has 150 valence electrons. The summed E-state index contributed by atoms with van der Waals surface area (Å²) in [6.07, 6.45) is -4.65. The molecule has 27 heavy (non-hydrogen) atoms. The van der Waals surface area contributed by atoms with Crippen molar-refractivity contribution in [2.75, 3.05) is 25.0 Å². The maximum atomic E-state index is 12.9. The van der Waals surface area contributed by atoms with Crippen LogP contribution in [0, 0.1) is 11.8 Å². The molecule has 0 unspecified atom stereocenters. The molecule has 0 aromatic heterocycles. The highest BCUT2D eigenvalue weighted by atomic mass is 35.5. The summed E-state index contributed by atoms with van der Waals surface area (Å²) in [7, 11) is 0. The molecule has 1 aromatic carbocycles. The number of hydrogen-bond acceptors (Lipinski definition) is 4. The number of likely N-dealkylation sites (tertiary alicyclic amines) is 1. The second kappa shape index (κ2) is 9.18. The van der Waals surface area contributed by atoms with Crippen molar-refractivity contribution in [2.45, 2.75) is 19.5 Å². The number of alkyl halides is 3. The SMILES string of the molecule is CC(=O)c1ccc(NC(=O)CCN2C[C@@H](C(F)(F)F)[C@H](C(=O)O)C2)cc1.Cl. The molecule has 0 bridgehead atoms. The summed E-state index contributed by atoms with van der Waals surface area (Å²) >= 11 is 0. The Bertz CT molecular complexity index is 694. The summed E-state index contributed by atoms with van der Waals surface area (Å²) in [4.78, 5) is 35.5. The number of amides is 1. The van der Waals surface area contributed by atoms with Gasteiger partial charge < -0.3 is 15.3 Å². The number of ketones is 1. The van der Waals surface area contributed by atoms with Crippen molar-refractivity contribution in [3.05, 3.63) is 29.8 Å². The maximum absolute atomic E-state index is 12.9. The van der Waals surface area contributed by atoms with Gasteiger partial charge in [-0.05, 0) is 31.2 Å². The number of hydrogen-bond donors (Lipinski definition) is 2. The number of halogens is 4. The van der Waals surface area contributed by atoms with Crippen LogP contribution in [0.25, 0.3) is 0 Å². The monoisotopic (exact) mass is 408 g/mol. The third-order valence-corrected chi connectivity index (χ3v) is 4.36. The van der Waals surface area contributed by atoms with Crippen LogP contribution in [0.4, 0.5) is 18.9 Å². The minimum atomic E-state index is -4.58. The molecule has 0 saturated carbocycles. The average Bonchev–Trinajstić information content (AvgIpc) is 2.98. The molecule has 10 heteroatoms. The van der Waals surface area contributed by atoms with Crippen LogP contribution in [0.3, 0.4) is 0 Å². The zero-order valence-electron chi connectivity index (χ0n) is 14.5. The third-order valence-electron chi connectivity index (χ3n) is 4.36. The van der Waals surface area contributed by atoms with Crippen LogP contribution in [-0.2, 0) is 9.59 Å². The molecule has 2 atom stereocenters. The van der Waals surface area contributed by atoms with Gasteiger partial charge in [-0.25, -0.2) is 0 Å². The van der Waals surface area contributed by atoms with E-state index in [0.29, 0.717) is 11.3 Å². The Balaban J connectivity index is 0.00000364. The Hall–Kier alpha value is -2.13. The predicted molar refractivity (Wildman–Crippen MR) is 94.1 cm³/mol. The molecule has 0 aliphatic carbocycles. The van der Waals surface area contributed by atoms with Crippen molar-refractivity contribution in [1.29, 1.82) is 0 Å². The van der Waals surface area contributed by atoms with Gasteiger partial charge in [0.25, 0.3) is 0 Å². The predicted octanol–water partition coefficient (Wildman–Crippen LogP) is 2.83. The van der Waals surface area contributed by atoms with E-state index in [1.807, 2.05) is 0 Å². The number of anilines is 1. The number of nitrogens with one attached hydrogen (secondary N) is 1. The van der Waals surface area contributed by atoms with Gasteiger partial charge in [0.2, 0.25) is 5.91 Å². The molecule has 2 rings (SSSR count). The first-order valence-electron chi connectivity index (χ1n) is 8.00. The van der Waals surface area contributed by atoms with Crippen LogP contribution in [0.2, 0.25) is 0 Å². The lowest BCUT2D eigenvalue weighted by atomic mass is 9.96. The first-order valence-corrected chi connectivity index (χ1v) is 8.00. The van der Waals surface area contributed by atoms with E-state index in [9.17, 15) is 27.6 Å². The Labute approximate surface area is 160 Å². The Morgan fingerprint density at radius 3 is 2.22 bits per heavy atom. The van der Waals surface area contributed by atoms with E-state index in [-0.39, 0.29) is 37.7 Å². The maximum Gasteiger partial charge on any atom is 0.393 e. The van der Waals surface area contributed by atoms with Crippen LogP contribution in [0.15, 0.2) is 24.3 Å². The lowest BCUT2D eigenvalue weighted by Crippen LogP contribution is -2.33. The highest BCUT2D eigenvalue weighted by Gasteiger charge is 2.52. The molecule has 1 fully saturated rings. The van der Waals surface area contributed by atoms with Gasteiger partial charge in [-0.3, -0.25) is 14.4 Å². The van der Waals surface area contributed by atoms with E-state index < -0.39 is 36.4 Å². The van der Waals surface area contributed by atoms with Gasteiger partial charge in [0.05, 0.1) is 11.8 Å². The molecule has 1 heterocycles. The zero-order valence-corrected chi connectivity index (χ0v) is 15.3. The van der Waals surface area contributed by atoms with Gasteiger partial charge in [-0.2, -0.15) is 13.2 Å². The third kappa shape index (κ3) is 6.21. The van der Waals surface area contributed by atoms with Crippen LogP contribution in [0.1, 0.15) is 23.7 Å². The molecule has 1 aliphatic rings. The number of Topliss-reactive ketones (excluding diaryl/α,β-unsaturated/α-hetero) is 1. The number of carboxylic acids is 1. The van der Waals surface area contributed by atoms with Crippen molar-refractivity contribution >= 4 is 35.8 Å². The fourth-order valence-electron chi connectivity index (χ4n) is 2.92. The summed E-state index contributed by atoms with van der Waals surface area (Å²) < 4.78 is 38.8. The minimum absolute atomic E-state index is 0. The average molecular weight is 409 g/mol. The largest absolute Gasteiger partial charge is 0.481 e. The van der Waals surface area contributed by atoms with Crippen molar-refractivity contribution in [3.8, 4) is 0 Å². The van der Waals surface area contributed by atoms with Crippen LogP contribution in [0.5, 0.6) is 0 Å². The summed E-state index contributed by atoms with van der Waals surface area (Å²) in [5.74, 6) is -5.43. The van der Waals surface area contributed by atoms with Gasteiger partial charge >= 0.3 is 12.1 Å². The normalized spacial score (nSPS) is 20.0. The standard InChI is InChI=1S/C17H19F3N2O4.ClH/c1-10(23)11-2-4-12(5-3-11)21-15(24)6-7-22-8-13(16(25)26)14(9-22)17(18,19)20;/h2-5,13-14H,6-9H2,1H3,(H,21,24)(H,25,26);1H/t13-,14-;/m1./s1. The summed E-state index contributed by atoms with van der Waals surface area (Å²) in [6, 6.07) is 6.24. The van der Waals surface area contributed by atoms with Gasteiger partial charge in [0, 0.05) is 37.3 Å². The molecule has 1 saturated heterocycles. The number of carbonyl (C=O) groups is 3. The molecular formula is C17H20ClF3N2O4. The van der Waals surface area contributed by atoms with Gasteiger partial charge in [0.1, 0.15) is 0 Å². The molecule has 1 aliphatic heterocycles. The second-order valence-corrected chi connectivity index (χ2v) is 6.28. The number of benzene rings is 1. The lowest BCUT2D eigenvalue weighted by molar-refractivity contribution is -0.188. The lowest BCUT2D eigenvalue weighted by Gasteiger charge is -2.18. The van der Waals surface area contributed by atoms with E-state index in [0.717, 1.165) is 0 Å². The summed E-state index contributed by atoms with van der Waals surface area (Å²) in [5.41, 5.74) is 0.968. The van der Waals surface area contributed by atoms with Crippen LogP contribution >= 0.6 is 12.4 Å². The fraction of sp³-hybridized carbons (Fsp3) is 0.471. The van der Waals surface area contributed by atoms with Crippen LogP contribution < -0.4 is 5.32 Å². The Kier molecular flexibility index (Phi) is 7.79. The number of carbonyl (C=O) groups excluding carboxylic acids is 2. The molecule has 0 radical (unpaired) electrons. The smallest absolute Gasteiger partial charge is 0.393 e. The van der Waals surface area contributed by atoms with Crippen LogP contribution in [-0.4, -0.2) is 53.5 Å². The van der Waals surface area contributed by atoms with Gasteiger partial charge in [0.15, 0.2) is 5.78 Å². The topological polar surface area (TPSA) is 86.7 Å². The fourth-order valence-corrected chi connectivity index (χ4v) is 2.92. The number of carboxylic acid groups (broad SMARTS) is 1. The highest BCUT2D eigenvalue weighted by Crippen LogP contribution is 2.37. The van der Waals surface area contributed by atoms with E-state index >= 15 is 0 Å². The second-order valence-electron chi connectivity index (χ2n) is 6.28. The quantitative estimate of drug-likeness (QED) is 0.707. The van der Waals surface area contributed by atoms with Gasteiger partial charge in [-0.15, -0.1) is 12.4 Å². The highest BCUT2D eigenvalue weighted by molar-refractivity contribution is 5.95. The molecule has 1 amide bonds. The zero-order chi connectivity index (χ0) is 19.5. The first kappa shape index (κ1) is 22.9. The molecule has 0 spiro atoms. The van der Waals surface area contributed by atoms with Gasteiger partial charge in [-0.1, -0.05) is 0 Å². The van der Waals surface area contributed by atoms with Crippen molar-refractivity contribution < 1.29 is 32.7 Å². The van der Waals surface area contributed by atoms with E-state index in [4.69, 9.17) is 5.11 Å². The van der Waals surface area contributed by atoms with E-state index in [1.54, 1.807) is 24.3 Å². The molecule has 6 nitrogen and oxygen atoms in total. The van der Waals surface area contributed by atoms with Crippen molar-refractivity contribution in [2.24, 2.45) is 11.8 Å². The molecule has 2 N–H and O–H groups in total.